The number of amides is 10. The van der Waals surface area contributed by atoms with Crippen LogP contribution in [0.2, 0.25) is 0 Å². The molecule has 10 amide bonds. The number of nitrogens with zero attached hydrogens (tertiary/aromatic N) is 8. The van der Waals surface area contributed by atoms with E-state index in [1.54, 1.807) is 42.4 Å². The number of carbonyl (C=O) groups is 10. The van der Waals surface area contributed by atoms with Crippen molar-refractivity contribution in [3.8, 4) is 11.1 Å². The average Bonchev–Trinajstić information content (AvgIpc) is 1.51. The van der Waals surface area contributed by atoms with E-state index in [-0.39, 0.29) is 104 Å². The van der Waals surface area contributed by atoms with Gasteiger partial charge in [-0.2, -0.15) is 5.10 Å². The summed E-state index contributed by atoms with van der Waals surface area (Å²) in [5, 5.41) is 32.6. The molecule has 28 nitrogen and oxygen atoms in total. The number of alkyl carbamates (subject to hydrolysis) is 1. The summed E-state index contributed by atoms with van der Waals surface area (Å²) in [4.78, 5) is 144. The lowest BCUT2D eigenvalue weighted by atomic mass is 9.39. The number of pyridine rings is 1. The fraction of sp³-hybridized carbons (Fsp3) is 0.500. The number of quaternary nitrogens is 1. The summed E-state index contributed by atoms with van der Waals surface area (Å²) in [6.45, 7) is 9.53. The number of aromatic carboxylic acids is 1. The smallest absolute Gasteiger partial charge is 0.408 e. The van der Waals surface area contributed by atoms with Gasteiger partial charge in [0.25, 0.3) is 17.7 Å². The predicted molar refractivity (Wildman–Crippen MR) is 404 cm³/mol. The zero-order valence-corrected chi connectivity index (χ0v) is 63.0. The van der Waals surface area contributed by atoms with Gasteiger partial charge in [0.1, 0.15) is 24.5 Å². The number of hydrogen-bond acceptors (Lipinski definition) is 17. The summed E-state index contributed by atoms with van der Waals surface area (Å²) in [5.41, 5.74) is 10.6. The van der Waals surface area contributed by atoms with Crippen molar-refractivity contribution in [1.82, 2.24) is 50.8 Å². The van der Waals surface area contributed by atoms with Crippen LogP contribution in [0.15, 0.2) is 97.2 Å². The van der Waals surface area contributed by atoms with Gasteiger partial charge >= 0.3 is 18.1 Å². The van der Waals surface area contributed by atoms with E-state index in [4.69, 9.17) is 25.3 Å². The second-order valence-electron chi connectivity index (χ2n) is 31.5. The van der Waals surface area contributed by atoms with Crippen molar-refractivity contribution in [2.24, 2.45) is 22.0 Å². The van der Waals surface area contributed by atoms with Gasteiger partial charge in [0.15, 0.2) is 10.8 Å². The zero-order chi connectivity index (χ0) is 76.4. The van der Waals surface area contributed by atoms with Crippen molar-refractivity contribution in [1.29, 1.82) is 0 Å². The van der Waals surface area contributed by atoms with Crippen molar-refractivity contribution in [3.63, 3.8) is 0 Å². The number of carboxylic acids is 1. The number of likely N-dealkylation sites (N-methyl/N-ethyl adjacent to an activating group) is 1. The van der Waals surface area contributed by atoms with Crippen molar-refractivity contribution >= 4 is 97.6 Å². The maximum atomic E-state index is 14.5. The highest BCUT2D eigenvalue weighted by Gasteiger charge is 2.66. The summed E-state index contributed by atoms with van der Waals surface area (Å²) < 4.78 is 16.6. The number of benzene rings is 3. The number of thiazole rings is 1. The topological polar surface area (TPSA) is 361 Å². The predicted octanol–water partition coefficient (Wildman–Crippen LogP) is 8.62. The molecule has 6 aromatic rings. The molecule has 6 aliphatic rings. The van der Waals surface area contributed by atoms with E-state index < -0.39 is 54.1 Å². The first kappa shape index (κ1) is 78.0. The number of carboxylic acid groups (broad SMARTS) is 1. The molecule has 0 saturated heterocycles. The molecule has 5 heterocycles. The Balaban J connectivity index is 0.674. The summed E-state index contributed by atoms with van der Waals surface area (Å²) >= 11 is 1.41. The molecular weight excluding hydrogens is 1390 g/mol. The normalized spacial score (nSPS) is 20.5. The Morgan fingerprint density at radius 2 is 1.50 bits per heavy atom. The third kappa shape index (κ3) is 19.9. The van der Waals surface area contributed by atoms with Crippen LogP contribution >= 0.6 is 11.3 Å². The van der Waals surface area contributed by atoms with Gasteiger partial charge in [-0.1, -0.05) is 68.0 Å². The maximum Gasteiger partial charge on any atom is 0.408 e. The van der Waals surface area contributed by atoms with E-state index in [0.29, 0.717) is 97.0 Å². The molecule has 107 heavy (non-hydrogen) atoms. The number of carbonyl (C=O) groups excluding carboxylic acids is 9. The van der Waals surface area contributed by atoms with E-state index in [1.165, 1.54) is 23.5 Å². The number of ether oxygens (including phenoxy) is 2. The van der Waals surface area contributed by atoms with Gasteiger partial charge in [0, 0.05) is 93.0 Å². The molecule has 0 radical (unpaired) electrons. The monoisotopic (exact) mass is 1490 g/mol. The van der Waals surface area contributed by atoms with Gasteiger partial charge in [-0.25, -0.2) is 24.4 Å². The van der Waals surface area contributed by atoms with Crippen molar-refractivity contribution in [2.45, 2.75) is 161 Å². The highest BCUT2D eigenvalue weighted by molar-refractivity contribution is 7.22. The molecule has 3 aromatic carbocycles. The van der Waals surface area contributed by atoms with Gasteiger partial charge in [0.05, 0.1) is 62.9 Å². The van der Waals surface area contributed by atoms with E-state index in [0.717, 1.165) is 87.9 Å². The summed E-state index contributed by atoms with van der Waals surface area (Å²) in [7, 11) is 8.04. The van der Waals surface area contributed by atoms with Crippen molar-refractivity contribution in [2.75, 3.05) is 89.6 Å². The van der Waals surface area contributed by atoms with Crippen LogP contribution in [0.3, 0.4) is 0 Å². The summed E-state index contributed by atoms with van der Waals surface area (Å²) in [5.74, 6) is -3.50. The Hall–Kier alpha value is -10.1. The number of para-hydroxylation sites is 1. The number of urea groups is 1. The van der Waals surface area contributed by atoms with Crippen LogP contribution in [-0.2, 0) is 64.4 Å². The van der Waals surface area contributed by atoms with Gasteiger partial charge < -0.3 is 61.2 Å². The number of unbranched alkanes of at least 4 members (excludes halogenated alkanes) is 3. The molecule has 2 aliphatic heterocycles. The SMILES string of the molecule is Cc1c(-c2ccc(N3CCc4cccc(C(=O)Nc5nc6ccccc6s5)c4C3)nc2C(=O)O)cnn1CC12CC3(C)CC(C)(C1)CC(OCCN(C)C(=O)[C@H](CCCC[N+](C)(C)C)NC(=O)OCc1ccc(NC(=O)[C@H](CCCNC(N)=O)NC(=O)CNC(=O)CCCCCN4C(=O)C=CC4=O)cc1)(C3)C2. The van der Waals surface area contributed by atoms with Crippen LogP contribution in [0.1, 0.15) is 153 Å². The Labute approximate surface area is 626 Å². The van der Waals surface area contributed by atoms with Gasteiger partial charge in [-0.15, -0.1) is 0 Å². The number of anilines is 3. The third-order valence-electron chi connectivity index (χ3n) is 21.2. The lowest BCUT2D eigenvalue weighted by molar-refractivity contribution is -0.870. The third-order valence-corrected chi connectivity index (χ3v) is 22.1. The zero-order valence-electron chi connectivity index (χ0n) is 62.2. The Bertz CT molecular complexity index is 4310. The summed E-state index contributed by atoms with van der Waals surface area (Å²) in [6.07, 6.45) is 13.5. The van der Waals surface area contributed by atoms with E-state index in [9.17, 15) is 53.1 Å². The number of aromatic nitrogens is 4. The molecule has 570 valence electrons. The first-order valence-corrected chi connectivity index (χ1v) is 37.7. The van der Waals surface area contributed by atoms with Crippen molar-refractivity contribution in [3.05, 3.63) is 131 Å². The number of hydrogen-bond donors (Lipinski definition) is 8. The first-order valence-electron chi connectivity index (χ1n) is 36.9. The Morgan fingerprint density at radius 3 is 2.22 bits per heavy atom. The van der Waals surface area contributed by atoms with E-state index >= 15 is 0 Å². The van der Waals surface area contributed by atoms with Gasteiger partial charge in [-0.3, -0.25) is 48.5 Å². The molecule has 4 bridgehead atoms. The second-order valence-corrected chi connectivity index (χ2v) is 32.5. The fourth-order valence-electron chi connectivity index (χ4n) is 17.3. The number of rotatable bonds is 35. The number of imide groups is 1. The van der Waals surface area contributed by atoms with Crippen LogP contribution in [0.25, 0.3) is 21.3 Å². The average molecular weight is 1490 g/mol. The molecule has 9 N–H and O–H groups in total. The molecule has 0 spiro atoms. The molecule has 4 aliphatic carbocycles. The molecule has 4 atom stereocenters. The standard InChI is InChI=1S/C78H99N15O13S/c1-50-56(54-28-29-62(87-67(54)71(101)102)90-35-32-52-17-15-18-55(57(52)41-90)68(98)88-73-85-58-19-10-11-22-61(58)107-73)39-82-92(50)49-77-44-75(2)43-76(3,45-77)47-78(46-75,48-77)106-38-36-89(4)70(100)60(20-12-14-37-93(5,6)7)86-74(104)105-42-51-24-26-53(27-25-51)83-69(99)59(21-16-33-80-72(79)103)84-64(95)40-81-63(94)23-9-8-13-34-91-65(96)30-31-66(91)97/h10-11,15,17-19,22,24-31,39,59-60H,8-9,12-14,16,20-21,23,32-38,40-49H2,1-7H3,(H8-,79,80,81,83,84,85,86,88,94,95,98,99,101,102,103,104)/p+1/t59-,60-,75?,76?,77?,78?/m0/s1. The molecule has 29 heteroatoms. The van der Waals surface area contributed by atoms with Crippen LogP contribution in [-0.4, -0.2) is 190 Å². The van der Waals surface area contributed by atoms with Crippen LogP contribution in [0.5, 0.6) is 0 Å². The molecule has 4 fully saturated rings. The van der Waals surface area contributed by atoms with E-state index in [2.05, 4.69) is 71.9 Å². The Kier molecular flexibility index (Phi) is 24.3. The molecule has 2 unspecified atom stereocenters. The van der Waals surface area contributed by atoms with Gasteiger partial charge in [0.2, 0.25) is 23.6 Å². The largest absolute Gasteiger partial charge is 0.476 e. The van der Waals surface area contributed by atoms with Gasteiger partial charge in [-0.05, 0) is 172 Å². The number of nitrogens with one attached hydrogen (secondary N) is 6. The highest BCUT2D eigenvalue weighted by Crippen LogP contribution is 2.72. The number of fused-ring (bicyclic) bond motifs is 2. The fourth-order valence-corrected chi connectivity index (χ4v) is 18.2. The quantitative estimate of drug-likeness (QED) is 0.0105. The number of primary amides is 1. The second kappa shape index (κ2) is 33.3. The minimum Gasteiger partial charge on any atom is -0.476 e. The molecule has 4 saturated carbocycles. The summed E-state index contributed by atoms with van der Waals surface area (Å²) in [6, 6.07) is 21.0. The van der Waals surface area contributed by atoms with Crippen LogP contribution in [0.4, 0.5) is 26.2 Å². The maximum absolute atomic E-state index is 14.5. The lowest BCUT2D eigenvalue weighted by Crippen LogP contribution is -2.64. The Morgan fingerprint density at radius 1 is 0.766 bits per heavy atom. The van der Waals surface area contributed by atoms with Crippen LogP contribution < -0.4 is 42.5 Å². The highest BCUT2D eigenvalue weighted by atomic mass is 32.1. The minimum absolute atomic E-state index is 0.0192. The lowest BCUT2D eigenvalue weighted by Gasteiger charge is -2.69. The van der Waals surface area contributed by atoms with Crippen LogP contribution in [0, 0.1) is 23.2 Å². The first-order chi connectivity index (χ1) is 50.9. The number of nitrogens with two attached hydrogens (primary N) is 1. The molecule has 3 aromatic heterocycles. The molecule has 12 rings (SSSR count). The van der Waals surface area contributed by atoms with E-state index in [1.807, 2.05) is 71.1 Å². The van der Waals surface area contributed by atoms with Crippen molar-refractivity contribution < 1.29 is 67.0 Å². The molecular formula is C78H100N15O13S+. The minimum atomic E-state index is -1.16.